The molecule has 0 aromatic heterocycles. The Kier molecular flexibility index (Phi) is 8.18. The SMILES string of the molecule is CC(C)[C@H](N)C(=O)NCc1ccccc1.O=C(O)C(F)(F)F. The van der Waals surface area contributed by atoms with E-state index in [9.17, 15) is 18.0 Å². The van der Waals surface area contributed by atoms with Crippen molar-refractivity contribution < 1.29 is 27.9 Å². The molecule has 0 saturated carbocycles. The van der Waals surface area contributed by atoms with Crippen LogP contribution in [0.1, 0.15) is 19.4 Å². The summed E-state index contributed by atoms with van der Waals surface area (Å²) in [5, 5.41) is 9.94. The topological polar surface area (TPSA) is 92.4 Å². The van der Waals surface area contributed by atoms with Crippen molar-refractivity contribution in [1.29, 1.82) is 0 Å². The van der Waals surface area contributed by atoms with Crippen LogP contribution < -0.4 is 11.1 Å². The molecule has 0 saturated heterocycles. The second-order valence-corrected chi connectivity index (χ2v) is 4.78. The predicted molar refractivity (Wildman–Crippen MR) is 74.8 cm³/mol. The summed E-state index contributed by atoms with van der Waals surface area (Å²) in [6, 6.07) is 9.37. The van der Waals surface area contributed by atoms with Crippen molar-refractivity contribution in [3.8, 4) is 0 Å². The number of carbonyl (C=O) groups excluding carboxylic acids is 1. The number of carboxylic acids is 1. The van der Waals surface area contributed by atoms with Crippen LogP contribution in [0.5, 0.6) is 0 Å². The van der Waals surface area contributed by atoms with Crippen molar-refractivity contribution in [3.05, 3.63) is 35.9 Å². The fraction of sp³-hybridized carbons (Fsp3) is 0.429. The van der Waals surface area contributed by atoms with Crippen LogP contribution in [0.4, 0.5) is 13.2 Å². The highest BCUT2D eigenvalue weighted by molar-refractivity contribution is 5.81. The number of aliphatic carboxylic acids is 1. The lowest BCUT2D eigenvalue weighted by Crippen LogP contribution is -2.43. The first-order valence-electron chi connectivity index (χ1n) is 6.43. The third-order valence-corrected chi connectivity index (χ3v) is 2.57. The molecule has 8 heteroatoms. The van der Waals surface area contributed by atoms with Crippen LogP contribution in [0, 0.1) is 5.92 Å². The summed E-state index contributed by atoms with van der Waals surface area (Å²) in [4.78, 5) is 20.4. The molecule has 0 spiro atoms. The van der Waals surface area contributed by atoms with E-state index in [2.05, 4.69) is 5.32 Å². The highest BCUT2D eigenvalue weighted by Crippen LogP contribution is 2.13. The van der Waals surface area contributed by atoms with E-state index in [1.54, 1.807) is 0 Å². The maximum Gasteiger partial charge on any atom is 0.490 e. The summed E-state index contributed by atoms with van der Waals surface area (Å²) < 4.78 is 31.7. The van der Waals surface area contributed by atoms with E-state index >= 15 is 0 Å². The number of nitrogens with two attached hydrogens (primary N) is 1. The number of hydrogen-bond donors (Lipinski definition) is 3. The Morgan fingerprint density at radius 1 is 1.23 bits per heavy atom. The van der Waals surface area contributed by atoms with Crippen molar-refractivity contribution in [2.75, 3.05) is 0 Å². The highest BCUT2D eigenvalue weighted by atomic mass is 19.4. The van der Waals surface area contributed by atoms with E-state index < -0.39 is 18.2 Å². The van der Waals surface area contributed by atoms with Crippen LogP contribution >= 0.6 is 0 Å². The molecule has 0 bridgehead atoms. The molecule has 0 unspecified atom stereocenters. The van der Waals surface area contributed by atoms with Gasteiger partial charge in [0.25, 0.3) is 0 Å². The van der Waals surface area contributed by atoms with Gasteiger partial charge in [0.15, 0.2) is 0 Å². The van der Waals surface area contributed by atoms with Crippen molar-refractivity contribution in [2.45, 2.75) is 32.6 Å². The minimum Gasteiger partial charge on any atom is -0.475 e. The van der Waals surface area contributed by atoms with Gasteiger partial charge >= 0.3 is 12.1 Å². The standard InChI is InChI=1S/C12H18N2O.C2HF3O2/c1-9(2)11(13)12(15)14-8-10-6-4-3-5-7-10;3-2(4,5)1(6)7/h3-7,9,11H,8,13H2,1-2H3,(H,14,15);(H,6,7)/t11-;/m0./s1. The van der Waals surface area contributed by atoms with Crippen LogP contribution in [0.2, 0.25) is 0 Å². The van der Waals surface area contributed by atoms with Crippen LogP contribution in [-0.2, 0) is 16.1 Å². The number of carbonyl (C=O) groups is 2. The minimum absolute atomic E-state index is 0.0890. The lowest BCUT2D eigenvalue weighted by molar-refractivity contribution is -0.192. The Labute approximate surface area is 126 Å². The van der Waals surface area contributed by atoms with E-state index in [0.29, 0.717) is 6.54 Å². The number of carboxylic acid groups (broad SMARTS) is 1. The lowest BCUT2D eigenvalue weighted by atomic mass is 10.0. The Morgan fingerprint density at radius 3 is 2.05 bits per heavy atom. The van der Waals surface area contributed by atoms with Gasteiger partial charge in [0.1, 0.15) is 0 Å². The van der Waals surface area contributed by atoms with E-state index in [-0.39, 0.29) is 11.8 Å². The quantitative estimate of drug-likeness (QED) is 0.790. The van der Waals surface area contributed by atoms with Crippen molar-refractivity contribution in [2.24, 2.45) is 11.7 Å². The molecule has 1 atom stereocenters. The average molecular weight is 320 g/mol. The van der Waals surface area contributed by atoms with Gasteiger partial charge in [0.05, 0.1) is 6.04 Å². The maximum absolute atomic E-state index is 11.5. The summed E-state index contributed by atoms with van der Waals surface area (Å²) in [7, 11) is 0. The van der Waals surface area contributed by atoms with Gasteiger partial charge < -0.3 is 16.2 Å². The molecular weight excluding hydrogens is 301 g/mol. The number of alkyl halides is 3. The van der Waals surface area contributed by atoms with E-state index in [1.165, 1.54) is 0 Å². The number of hydrogen-bond acceptors (Lipinski definition) is 3. The van der Waals surface area contributed by atoms with Crippen LogP contribution in [-0.4, -0.2) is 29.2 Å². The molecule has 1 rings (SSSR count). The van der Waals surface area contributed by atoms with Crippen molar-refractivity contribution in [3.63, 3.8) is 0 Å². The van der Waals surface area contributed by atoms with Crippen molar-refractivity contribution >= 4 is 11.9 Å². The van der Waals surface area contributed by atoms with Gasteiger partial charge in [-0.15, -0.1) is 0 Å². The summed E-state index contributed by atoms with van der Waals surface area (Å²) >= 11 is 0. The van der Waals surface area contributed by atoms with Gasteiger partial charge in [-0.05, 0) is 11.5 Å². The van der Waals surface area contributed by atoms with Gasteiger partial charge in [-0.2, -0.15) is 13.2 Å². The molecule has 124 valence electrons. The van der Waals surface area contributed by atoms with E-state index in [1.807, 2.05) is 44.2 Å². The molecule has 1 amide bonds. The molecule has 1 aromatic rings. The summed E-state index contributed by atoms with van der Waals surface area (Å²) in [6.07, 6.45) is -5.08. The average Bonchev–Trinajstić information content (AvgIpc) is 2.44. The first-order valence-corrected chi connectivity index (χ1v) is 6.43. The van der Waals surface area contributed by atoms with Crippen LogP contribution in [0.3, 0.4) is 0 Å². The third kappa shape index (κ3) is 8.25. The second-order valence-electron chi connectivity index (χ2n) is 4.78. The molecule has 0 radical (unpaired) electrons. The molecule has 0 heterocycles. The summed E-state index contributed by atoms with van der Waals surface area (Å²) in [5.41, 5.74) is 6.80. The predicted octanol–water partition coefficient (Wildman–Crippen LogP) is 1.92. The molecule has 1 aromatic carbocycles. The zero-order valence-corrected chi connectivity index (χ0v) is 12.2. The van der Waals surface area contributed by atoms with Crippen LogP contribution in [0.15, 0.2) is 30.3 Å². The first kappa shape index (κ1) is 19.9. The summed E-state index contributed by atoms with van der Waals surface area (Å²) in [5.74, 6) is -2.68. The second kappa shape index (κ2) is 9.04. The number of halogens is 3. The van der Waals surface area contributed by atoms with Gasteiger partial charge in [0.2, 0.25) is 5.91 Å². The fourth-order valence-electron chi connectivity index (χ4n) is 1.21. The Balaban J connectivity index is 0.000000534. The zero-order chi connectivity index (χ0) is 17.3. The van der Waals surface area contributed by atoms with Gasteiger partial charge in [-0.25, -0.2) is 4.79 Å². The third-order valence-electron chi connectivity index (χ3n) is 2.57. The minimum atomic E-state index is -5.08. The monoisotopic (exact) mass is 320 g/mol. The van der Waals surface area contributed by atoms with Gasteiger partial charge in [-0.1, -0.05) is 44.2 Å². The molecule has 0 aliphatic carbocycles. The number of rotatable bonds is 4. The van der Waals surface area contributed by atoms with Gasteiger partial charge in [-0.3, -0.25) is 4.79 Å². The molecule has 0 aliphatic heterocycles. The van der Waals surface area contributed by atoms with E-state index in [4.69, 9.17) is 15.6 Å². The van der Waals surface area contributed by atoms with Crippen molar-refractivity contribution in [1.82, 2.24) is 5.32 Å². The van der Waals surface area contributed by atoms with E-state index in [0.717, 1.165) is 5.56 Å². The molecular formula is C14H19F3N2O3. The Bertz CT molecular complexity index is 476. The normalized spacial score (nSPS) is 12.1. The number of nitrogens with one attached hydrogen (secondary N) is 1. The first-order chi connectivity index (χ1) is 10.1. The smallest absolute Gasteiger partial charge is 0.475 e. The molecule has 0 fully saturated rings. The number of amides is 1. The lowest BCUT2D eigenvalue weighted by Gasteiger charge is -2.15. The highest BCUT2D eigenvalue weighted by Gasteiger charge is 2.38. The molecule has 5 nitrogen and oxygen atoms in total. The number of benzene rings is 1. The fourth-order valence-corrected chi connectivity index (χ4v) is 1.21. The molecule has 0 aliphatic rings. The molecule has 4 N–H and O–H groups in total. The summed E-state index contributed by atoms with van der Waals surface area (Å²) in [6.45, 7) is 4.42. The largest absolute Gasteiger partial charge is 0.490 e. The molecule has 22 heavy (non-hydrogen) atoms. The Hall–Kier alpha value is -2.09. The maximum atomic E-state index is 11.5. The van der Waals surface area contributed by atoms with Gasteiger partial charge in [0, 0.05) is 6.54 Å². The Morgan fingerprint density at radius 2 is 1.68 bits per heavy atom. The van der Waals surface area contributed by atoms with Crippen LogP contribution in [0.25, 0.3) is 0 Å². The zero-order valence-electron chi connectivity index (χ0n) is 12.2.